The molecule has 1 rings (SSSR count). The third kappa shape index (κ3) is 4.62. The van der Waals surface area contributed by atoms with Crippen LogP contribution in [0.1, 0.15) is 0 Å². The molecule has 0 saturated carbocycles. The number of ether oxygens (including phenoxy) is 2. The molecular weight excluding hydrogens is 212 g/mol. The summed E-state index contributed by atoms with van der Waals surface area (Å²) in [4.78, 5) is 0. The Morgan fingerprint density at radius 2 is 2.00 bits per heavy atom. The van der Waals surface area contributed by atoms with E-state index in [1.165, 1.54) is 0 Å². The zero-order valence-corrected chi connectivity index (χ0v) is 9.34. The lowest BCUT2D eigenvalue weighted by Gasteiger charge is -2.07. The largest absolute Gasteiger partial charge is 0.491 e. The molecule has 0 aliphatic heterocycles. The molecule has 1 aromatic carbocycles. The average molecular weight is 226 g/mol. The standard InChI is InChI=1S/C10H14N2O2S/c1-13-6-7-14-9-4-2-8(3-5-9)12-10(11)15/h2-5H,6-7H2,1H3,(H3,11,12,15). The molecule has 0 aromatic heterocycles. The van der Waals surface area contributed by atoms with Gasteiger partial charge in [-0.25, -0.2) is 0 Å². The predicted molar refractivity (Wildman–Crippen MR) is 64.2 cm³/mol. The van der Waals surface area contributed by atoms with Crippen LogP contribution in [0.15, 0.2) is 24.3 Å². The Hall–Kier alpha value is -1.33. The molecule has 0 spiro atoms. The van der Waals surface area contributed by atoms with Crippen molar-refractivity contribution in [3.63, 3.8) is 0 Å². The number of thiocarbonyl (C=S) groups is 1. The first-order valence-corrected chi connectivity index (χ1v) is 4.91. The highest BCUT2D eigenvalue weighted by Crippen LogP contribution is 2.15. The summed E-state index contributed by atoms with van der Waals surface area (Å²) in [5.41, 5.74) is 6.18. The fraction of sp³-hybridized carbons (Fsp3) is 0.300. The van der Waals surface area contributed by atoms with Crippen molar-refractivity contribution in [3.05, 3.63) is 24.3 Å². The molecule has 15 heavy (non-hydrogen) atoms. The maximum atomic E-state index is 5.39. The SMILES string of the molecule is COCCOc1ccc(NC(N)=S)cc1. The van der Waals surface area contributed by atoms with Crippen molar-refractivity contribution in [2.45, 2.75) is 0 Å². The van der Waals surface area contributed by atoms with Gasteiger partial charge in [0.1, 0.15) is 12.4 Å². The normalized spacial score (nSPS) is 9.67. The molecule has 0 heterocycles. The Labute approximate surface area is 94.4 Å². The molecule has 0 radical (unpaired) electrons. The van der Waals surface area contributed by atoms with Gasteiger partial charge in [0.15, 0.2) is 5.11 Å². The Morgan fingerprint density at radius 1 is 1.33 bits per heavy atom. The van der Waals surface area contributed by atoms with Crippen LogP contribution in [0.4, 0.5) is 5.69 Å². The fourth-order valence-electron chi connectivity index (χ4n) is 1.02. The highest BCUT2D eigenvalue weighted by molar-refractivity contribution is 7.80. The van der Waals surface area contributed by atoms with Crippen LogP contribution in [0.3, 0.4) is 0 Å². The molecule has 3 N–H and O–H groups in total. The van der Waals surface area contributed by atoms with Crippen LogP contribution in [0, 0.1) is 0 Å². The zero-order chi connectivity index (χ0) is 11.1. The van der Waals surface area contributed by atoms with Gasteiger partial charge >= 0.3 is 0 Å². The monoisotopic (exact) mass is 226 g/mol. The van der Waals surface area contributed by atoms with Crippen molar-refractivity contribution in [1.29, 1.82) is 0 Å². The first-order valence-electron chi connectivity index (χ1n) is 4.50. The van der Waals surface area contributed by atoms with E-state index in [2.05, 4.69) is 5.32 Å². The highest BCUT2D eigenvalue weighted by Gasteiger charge is 1.95. The van der Waals surface area contributed by atoms with Crippen molar-refractivity contribution >= 4 is 23.0 Å². The maximum absolute atomic E-state index is 5.39. The molecule has 0 saturated heterocycles. The number of nitrogens with two attached hydrogens (primary N) is 1. The van der Waals surface area contributed by atoms with Gasteiger partial charge in [0.05, 0.1) is 6.61 Å². The number of rotatable bonds is 5. The number of methoxy groups -OCH3 is 1. The van der Waals surface area contributed by atoms with Crippen molar-refractivity contribution in [1.82, 2.24) is 0 Å². The molecular formula is C10H14N2O2S. The van der Waals surface area contributed by atoms with Gasteiger partial charge in [0.25, 0.3) is 0 Å². The summed E-state index contributed by atoms with van der Waals surface area (Å²) in [5.74, 6) is 0.792. The van der Waals surface area contributed by atoms with Crippen LogP contribution in [0.25, 0.3) is 0 Å². The van der Waals surface area contributed by atoms with Gasteiger partial charge in [0, 0.05) is 12.8 Å². The van der Waals surface area contributed by atoms with Crippen LogP contribution in [-0.4, -0.2) is 25.4 Å². The number of hydrogen-bond acceptors (Lipinski definition) is 3. The lowest BCUT2D eigenvalue weighted by molar-refractivity contribution is 0.146. The number of anilines is 1. The summed E-state index contributed by atoms with van der Waals surface area (Å²) in [7, 11) is 1.64. The fourth-order valence-corrected chi connectivity index (χ4v) is 1.14. The molecule has 0 unspecified atom stereocenters. The second-order valence-electron chi connectivity index (χ2n) is 2.85. The second kappa shape index (κ2) is 6.21. The molecule has 1 aromatic rings. The van der Waals surface area contributed by atoms with E-state index in [0.717, 1.165) is 11.4 Å². The maximum Gasteiger partial charge on any atom is 0.168 e. The first-order chi connectivity index (χ1) is 7.22. The Morgan fingerprint density at radius 3 is 2.53 bits per heavy atom. The van der Waals surface area contributed by atoms with Crippen molar-refractivity contribution in [2.75, 3.05) is 25.6 Å². The summed E-state index contributed by atoms with van der Waals surface area (Å²) in [6, 6.07) is 7.38. The number of benzene rings is 1. The van der Waals surface area contributed by atoms with Gasteiger partial charge in [-0.15, -0.1) is 0 Å². The van der Waals surface area contributed by atoms with Gasteiger partial charge in [-0.3, -0.25) is 0 Å². The molecule has 0 amide bonds. The van der Waals surface area contributed by atoms with Gasteiger partial charge < -0.3 is 20.5 Å². The van der Waals surface area contributed by atoms with Crippen LogP contribution in [0.2, 0.25) is 0 Å². The van der Waals surface area contributed by atoms with Gasteiger partial charge in [-0.1, -0.05) is 0 Å². The number of nitrogens with one attached hydrogen (secondary N) is 1. The minimum Gasteiger partial charge on any atom is -0.491 e. The van der Waals surface area contributed by atoms with E-state index >= 15 is 0 Å². The van der Waals surface area contributed by atoms with Crippen LogP contribution in [-0.2, 0) is 4.74 Å². The minimum absolute atomic E-state index is 0.253. The molecule has 0 aliphatic carbocycles. The van der Waals surface area contributed by atoms with Crippen LogP contribution < -0.4 is 15.8 Å². The van der Waals surface area contributed by atoms with Crippen molar-refractivity contribution in [3.8, 4) is 5.75 Å². The average Bonchev–Trinajstić information content (AvgIpc) is 2.20. The molecule has 5 heteroatoms. The predicted octanol–water partition coefficient (Wildman–Crippen LogP) is 1.37. The third-order valence-corrected chi connectivity index (χ3v) is 1.78. The quantitative estimate of drug-likeness (QED) is 0.586. The Kier molecular flexibility index (Phi) is 4.86. The van der Waals surface area contributed by atoms with Crippen molar-refractivity contribution < 1.29 is 9.47 Å². The second-order valence-corrected chi connectivity index (χ2v) is 3.29. The van der Waals surface area contributed by atoms with E-state index in [9.17, 15) is 0 Å². The zero-order valence-electron chi connectivity index (χ0n) is 8.53. The Bertz CT molecular complexity index is 314. The summed E-state index contributed by atoms with van der Waals surface area (Å²) in [5, 5.41) is 3.08. The molecule has 82 valence electrons. The summed E-state index contributed by atoms with van der Waals surface area (Å²) in [6.07, 6.45) is 0. The smallest absolute Gasteiger partial charge is 0.168 e. The van der Waals surface area contributed by atoms with Gasteiger partial charge in [0.2, 0.25) is 0 Å². The van der Waals surface area contributed by atoms with Crippen LogP contribution >= 0.6 is 12.2 Å². The third-order valence-electron chi connectivity index (χ3n) is 1.68. The number of hydrogen-bond donors (Lipinski definition) is 2. The molecule has 4 nitrogen and oxygen atoms in total. The topological polar surface area (TPSA) is 56.5 Å². The van der Waals surface area contributed by atoms with Crippen LogP contribution in [0.5, 0.6) is 5.75 Å². The molecule has 0 atom stereocenters. The van der Waals surface area contributed by atoms with E-state index in [1.807, 2.05) is 24.3 Å². The minimum atomic E-state index is 0.253. The Balaban J connectivity index is 2.45. The molecule has 0 aliphatic rings. The van der Waals surface area contributed by atoms with E-state index in [4.69, 9.17) is 27.4 Å². The summed E-state index contributed by atoms with van der Waals surface area (Å²) >= 11 is 4.71. The first kappa shape index (κ1) is 11.7. The van der Waals surface area contributed by atoms with Crippen molar-refractivity contribution in [2.24, 2.45) is 5.73 Å². The van der Waals surface area contributed by atoms with E-state index in [-0.39, 0.29) is 5.11 Å². The van der Waals surface area contributed by atoms with E-state index < -0.39 is 0 Å². The van der Waals surface area contributed by atoms with E-state index in [0.29, 0.717) is 13.2 Å². The lowest BCUT2D eigenvalue weighted by Crippen LogP contribution is -2.18. The van der Waals surface area contributed by atoms with Gasteiger partial charge in [-0.2, -0.15) is 0 Å². The summed E-state index contributed by atoms with van der Waals surface area (Å²) in [6.45, 7) is 1.12. The lowest BCUT2D eigenvalue weighted by atomic mass is 10.3. The molecule has 0 bridgehead atoms. The highest BCUT2D eigenvalue weighted by atomic mass is 32.1. The van der Waals surface area contributed by atoms with E-state index in [1.54, 1.807) is 7.11 Å². The van der Waals surface area contributed by atoms with Gasteiger partial charge in [-0.05, 0) is 36.5 Å². The molecule has 0 fully saturated rings. The summed E-state index contributed by atoms with van der Waals surface area (Å²) < 4.78 is 10.3.